The van der Waals surface area contributed by atoms with E-state index in [2.05, 4.69) is 25.9 Å². The Bertz CT molecular complexity index is 620. The summed E-state index contributed by atoms with van der Waals surface area (Å²) in [7, 11) is 0. The maximum absolute atomic E-state index is 11.8. The predicted octanol–water partition coefficient (Wildman–Crippen LogP) is 1.83. The molecule has 0 bridgehead atoms. The van der Waals surface area contributed by atoms with Gasteiger partial charge in [-0.3, -0.25) is 14.6 Å². The third-order valence-electron chi connectivity index (χ3n) is 4.36. The van der Waals surface area contributed by atoms with Crippen LogP contribution in [0, 0.1) is 5.92 Å². The van der Waals surface area contributed by atoms with E-state index in [4.69, 9.17) is 0 Å². The third-order valence-corrected chi connectivity index (χ3v) is 4.36. The van der Waals surface area contributed by atoms with Crippen molar-refractivity contribution < 1.29 is 9.59 Å². The fourth-order valence-electron chi connectivity index (χ4n) is 3.15. The van der Waals surface area contributed by atoms with Crippen LogP contribution in [0.25, 0.3) is 0 Å². The van der Waals surface area contributed by atoms with Crippen LogP contribution < -0.4 is 10.6 Å². The molecule has 2 aliphatic heterocycles. The van der Waals surface area contributed by atoms with Crippen LogP contribution in [0.2, 0.25) is 0 Å². The van der Waals surface area contributed by atoms with Gasteiger partial charge in [0.15, 0.2) is 5.82 Å². The SMILES string of the molecule is CCC(=O)NC1CCCC(NC2=C3N=CC=CC3C(=O)N=N2)C1. The van der Waals surface area contributed by atoms with Crippen LogP contribution >= 0.6 is 0 Å². The minimum atomic E-state index is -0.431. The van der Waals surface area contributed by atoms with Crippen LogP contribution in [0.4, 0.5) is 0 Å². The van der Waals surface area contributed by atoms with E-state index < -0.39 is 5.92 Å². The Morgan fingerprint density at radius 2 is 2.13 bits per heavy atom. The van der Waals surface area contributed by atoms with Gasteiger partial charge in [-0.15, -0.1) is 10.2 Å². The molecule has 2 amide bonds. The average Bonchev–Trinajstić information content (AvgIpc) is 2.58. The fraction of sp³-hybridized carbons (Fsp3) is 0.562. The van der Waals surface area contributed by atoms with E-state index in [0.29, 0.717) is 17.9 Å². The van der Waals surface area contributed by atoms with E-state index in [1.165, 1.54) is 0 Å². The normalized spacial score (nSPS) is 29.4. The summed E-state index contributed by atoms with van der Waals surface area (Å²) in [4.78, 5) is 27.6. The number of azo groups is 1. The lowest BCUT2D eigenvalue weighted by molar-refractivity contribution is -0.122. The van der Waals surface area contributed by atoms with E-state index in [0.717, 1.165) is 25.7 Å². The summed E-state index contributed by atoms with van der Waals surface area (Å²) in [6.07, 6.45) is 9.59. The van der Waals surface area contributed by atoms with Gasteiger partial charge < -0.3 is 10.6 Å². The summed E-state index contributed by atoms with van der Waals surface area (Å²) < 4.78 is 0. The van der Waals surface area contributed by atoms with E-state index in [1.54, 1.807) is 18.4 Å². The number of rotatable bonds is 4. The average molecular weight is 315 g/mol. The number of amides is 2. The Morgan fingerprint density at radius 3 is 2.96 bits per heavy atom. The molecule has 1 saturated carbocycles. The first kappa shape index (κ1) is 15.6. The summed E-state index contributed by atoms with van der Waals surface area (Å²) in [5.74, 6) is -0.0556. The Kier molecular flexibility index (Phi) is 4.64. The molecule has 2 N–H and O–H groups in total. The molecule has 3 atom stereocenters. The summed E-state index contributed by atoms with van der Waals surface area (Å²) in [6, 6.07) is 0.384. The van der Waals surface area contributed by atoms with Gasteiger partial charge in [0.25, 0.3) is 5.91 Å². The van der Waals surface area contributed by atoms with Gasteiger partial charge in [-0.2, -0.15) is 0 Å². The van der Waals surface area contributed by atoms with Crippen molar-refractivity contribution >= 4 is 18.0 Å². The first-order valence-corrected chi connectivity index (χ1v) is 8.14. The first-order chi connectivity index (χ1) is 11.2. The number of dihydropyridines is 1. The molecule has 0 aromatic rings. The van der Waals surface area contributed by atoms with Crippen LogP contribution in [0.3, 0.4) is 0 Å². The number of hydrogen-bond donors (Lipinski definition) is 2. The monoisotopic (exact) mass is 315 g/mol. The van der Waals surface area contributed by atoms with Gasteiger partial charge in [0.1, 0.15) is 11.6 Å². The van der Waals surface area contributed by atoms with Gasteiger partial charge in [-0.1, -0.05) is 13.0 Å². The van der Waals surface area contributed by atoms with Crippen LogP contribution in [-0.4, -0.2) is 30.1 Å². The Labute approximate surface area is 135 Å². The smallest absolute Gasteiger partial charge is 0.277 e. The lowest BCUT2D eigenvalue weighted by Crippen LogP contribution is -2.44. The molecule has 0 saturated heterocycles. The molecule has 3 unspecified atom stereocenters. The Hall–Kier alpha value is -2.31. The van der Waals surface area contributed by atoms with E-state index in [-0.39, 0.29) is 23.9 Å². The maximum atomic E-state index is 11.8. The van der Waals surface area contributed by atoms with Crippen LogP contribution in [0.1, 0.15) is 39.0 Å². The van der Waals surface area contributed by atoms with E-state index >= 15 is 0 Å². The molecule has 23 heavy (non-hydrogen) atoms. The molecule has 3 rings (SSSR count). The number of fused-ring (bicyclic) bond motifs is 1. The van der Waals surface area contributed by atoms with Gasteiger partial charge in [-0.05, 0) is 31.8 Å². The molecule has 7 heteroatoms. The lowest BCUT2D eigenvalue weighted by atomic mass is 9.90. The van der Waals surface area contributed by atoms with Crippen molar-refractivity contribution in [1.29, 1.82) is 0 Å². The molecule has 0 aromatic carbocycles. The van der Waals surface area contributed by atoms with E-state index in [9.17, 15) is 9.59 Å². The number of nitrogens with one attached hydrogen (secondary N) is 2. The maximum Gasteiger partial charge on any atom is 0.277 e. The zero-order chi connectivity index (χ0) is 16.2. The molecule has 0 spiro atoms. The summed E-state index contributed by atoms with van der Waals surface area (Å²) in [5.41, 5.74) is 0.632. The largest absolute Gasteiger partial charge is 0.364 e. The van der Waals surface area contributed by atoms with Crippen molar-refractivity contribution in [2.75, 3.05) is 0 Å². The highest BCUT2D eigenvalue weighted by Crippen LogP contribution is 2.28. The zero-order valence-corrected chi connectivity index (χ0v) is 13.2. The minimum absolute atomic E-state index is 0.0858. The predicted molar refractivity (Wildman–Crippen MR) is 85.6 cm³/mol. The third kappa shape index (κ3) is 3.55. The molecular formula is C16H21N5O2. The van der Waals surface area contributed by atoms with Gasteiger partial charge in [0, 0.05) is 24.7 Å². The Morgan fingerprint density at radius 1 is 1.30 bits per heavy atom. The number of aliphatic imine (C=N–C) groups is 1. The highest BCUT2D eigenvalue weighted by atomic mass is 16.2. The number of nitrogens with zero attached hydrogens (tertiary/aromatic N) is 3. The van der Waals surface area contributed by atoms with Crippen molar-refractivity contribution in [2.24, 2.45) is 21.1 Å². The first-order valence-electron chi connectivity index (χ1n) is 8.14. The molecule has 0 aromatic heterocycles. The van der Waals surface area contributed by atoms with E-state index in [1.807, 2.05) is 6.92 Å². The molecule has 1 fully saturated rings. The van der Waals surface area contributed by atoms with Crippen molar-refractivity contribution in [3.63, 3.8) is 0 Å². The topological polar surface area (TPSA) is 95.3 Å². The molecular weight excluding hydrogens is 294 g/mol. The summed E-state index contributed by atoms with van der Waals surface area (Å²) in [6.45, 7) is 1.86. The van der Waals surface area contributed by atoms with Gasteiger partial charge in [0.2, 0.25) is 5.91 Å². The molecule has 7 nitrogen and oxygen atoms in total. The molecule has 122 valence electrons. The highest BCUT2D eigenvalue weighted by Gasteiger charge is 2.31. The van der Waals surface area contributed by atoms with Crippen LogP contribution in [0.5, 0.6) is 0 Å². The standard InChI is InChI=1S/C16H21N5O2/c1-2-13(22)18-10-5-3-6-11(9-10)19-15-14-12(7-4-8-17-14)16(23)21-20-15/h4,7-8,10-12,19H,2-3,5-6,9H2,1H3,(H,18,22). The molecule has 3 aliphatic rings. The number of carbonyl (C=O) groups is 2. The lowest BCUT2D eigenvalue weighted by Gasteiger charge is -2.31. The number of hydrogen-bond acceptors (Lipinski definition) is 5. The summed E-state index contributed by atoms with van der Waals surface area (Å²) in [5, 5.41) is 14.1. The Balaban J connectivity index is 1.68. The van der Waals surface area contributed by atoms with Gasteiger partial charge >= 0.3 is 0 Å². The van der Waals surface area contributed by atoms with Crippen LogP contribution in [0.15, 0.2) is 38.9 Å². The second-order valence-electron chi connectivity index (χ2n) is 6.04. The molecule has 0 radical (unpaired) electrons. The van der Waals surface area contributed by atoms with Crippen molar-refractivity contribution in [2.45, 2.75) is 51.1 Å². The minimum Gasteiger partial charge on any atom is -0.364 e. The fourth-order valence-corrected chi connectivity index (χ4v) is 3.15. The van der Waals surface area contributed by atoms with Crippen molar-refractivity contribution in [1.82, 2.24) is 10.6 Å². The van der Waals surface area contributed by atoms with Gasteiger partial charge in [0.05, 0.1) is 0 Å². The zero-order valence-electron chi connectivity index (χ0n) is 13.2. The number of carbonyl (C=O) groups excluding carboxylic acids is 2. The second kappa shape index (κ2) is 6.85. The second-order valence-corrected chi connectivity index (χ2v) is 6.04. The van der Waals surface area contributed by atoms with Crippen molar-refractivity contribution in [3.05, 3.63) is 23.7 Å². The van der Waals surface area contributed by atoms with Crippen molar-refractivity contribution in [3.8, 4) is 0 Å². The number of allylic oxidation sites excluding steroid dienone is 1. The molecule has 2 heterocycles. The summed E-state index contributed by atoms with van der Waals surface area (Å²) >= 11 is 0. The van der Waals surface area contributed by atoms with Crippen LogP contribution in [-0.2, 0) is 9.59 Å². The highest BCUT2D eigenvalue weighted by molar-refractivity contribution is 5.88. The molecule has 1 aliphatic carbocycles. The van der Waals surface area contributed by atoms with Gasteiger partial charge in [-0.25, -0.2) is 0 Å². The quantitative estimate of drug-likeness (QED) is 0.828.